The molecule has 1 heterocycles. The molecule has 0 aromatic heterocycles. The fourth-order valence-corrected chi connectivity index (χ4v) is 4.13. The Morgan fingerprint density at radius 3 is 2.35 bits per heavy atom. The van der Waals surface area contributed by atoms with Gasteiger partial charge in [0.1, 0.15) is 18.1 Å². The van der Waals surface area contributed by atoms with Crippen molar-refractivity contribution >= 4 is 29.6 Å². The van der Waals surface area contributed by atoms with Gasteiger partial charge in [-0.15, -0.1) is 0 Å². The van der Waals surface area contributed by atoms with Crippen LogP contribution in [0.15, 0.2) is 54.6 Å². The van der Waals surface area contributed by atoms with Crippen LogP contribution in [0.3, 0.4) is 0 Å². The number of carbonyl (C=O) groups is 5. The van der Waals surface area contributed by atoms with E-state index < -0.39 is 47.9 Å². The molecule has 0 aliphatic carbocycles. The van der Waals surface area contributed by atoms with Crippen LogP contribution < -0.4 is 27.0 Å². The second-order valence-corrected chi connectivity index (χ2v) is 9.99. The summed E-state index contributed by atoms with van der Waals surface area (Å²) in [4.78, 5) is 62.9. The fraction of sp³-hybridized carbons (Fsp3) is 0.483. The molecule has 0 saturated carbocycles. The van der Waals surface area contributed by atoms with Crippen LogP contribution in [0.5, 0.6) is 0 Å². The lowest BCUT2D eigenvalue weighted by Crippen LogP contribution is -2.57. The highest BCUT2D eigenvalue weighted by molar-refractivity contribution is 5.94. The van der Waals surface area contributed by atoms with Crippen molar-refractivity contribution in [3.63, 3.8) is 0 Å². The Bertz CT molecular complexity index is 1070. The van der Waals surface area contributed by atoms with Gasteiger partial charge in [0.25, 0.3) is 0 Å². The Morgan fingerprint density at radius 2 is 1.75 bits per heavy atom. The number of nitrogens with two attached hydrogens (primary N) is 1. The van der Waals surface area contributed by atoms with Gasteiger partial charge >= 0.3 is 5.97 Å². The van der Waals surface area contributed by atoms with Gasteiger partial charge in [0, 0.05) is 31.5 Å². The van der Waals surface area contributed by atoms with E-state index in [1.54, 1.807) is 13.0 Å². The zero-order valence-electron chi connectivity index (χ0n) is 23.4. The lowest BCUT2D eigenvalue weighted by Gasteiger charge is -2.26. The second kappa shape index (κ2) is 16.9. The van der Waals surface area contributed by atoms with E-state index in [9.17, 15) is 24.0 Å². The zero-order valence-corrected chi connectivity index (χ0v) is 23.4. The molecule has 1 aliphatic rings. The van der Waals surface area contributed by atoms with Gasteiger partial charge in [-0.25, -0.2) is 4.79 Å². The van der Waals surface area contributed by atoms with Crippen molar-refractivity contribution in [3.05, 3.63) is 60.2 Å². The predicted molar refractivity (Wildman–Crippen MR) is 151 cm³/mol. The Balaban J connectivity index is 2.23. The summed E-state index contributed by atoms with van der Waals surface area (Å²) in [5.74, 6) is -2.39. The minimum atomic E-state index is -1.00. The van der Waals surface area contributed by atoms with E-state index in [1.807, 2.05) is 50.3 Å². The van der Waals surface area contributed by atoms with E-state index in [0.717, 1.165) is 5.56 Å². The summed E-state index contributed by atoms with van der Waals surface area (Å²) in [7, 11) is 0. The van der Waals surface area contributed by atoms with Crippen molar-refractivity contribution in [2.45, 2.75) is 70.6 Å². The normalized spacial score (nSPS) is 16.8. The number of hydrogen-bond acceptors (Lipinski definition) is 7. The number of nitrogens with one attached hydrogen (secondary N) is 4. The molecule has 0 fully saturated rings. The maximum absolute atomic E-state index is 13.5. The number of primary amides is 1. The van der Waals surface area contributed by atoms with E-state index in [1.165, 1.54) is 12.2 Å². The number of rotatable bonds is 16. The highest BCUT2D eigenvalue weighted by Crippen LogP contribution is 2.10. The van der Waals surface area contributed by atoms with E-state index in [4.69, 9.17) is 10.5 Å². The third kappa shape index (κ3) is 11.8. The molecule has 0 saturated heterocycles. The van der Waals surface area contributed by atoms with Crippen LogP contribution in [-0.4, -0.2) is 66.9 Å². The van der Waals surface area contributed by atoms with Gasteiger partial charge < -0.3 is 26.4 Å². The van der Waals surface area contributed by atoms with Crippen LogP contribution in [0, 0.1) is 5.92 Å². The lowest BCUT2D eigenvalue weighted by molar-refractivity contribution is -0.137. The van der Waals surface area contributed by atoms with E-state index in [2.05, 4.69) is 21.3 Å². The molecular weight excluding hydrogens is 514 g/mol. The molecule has 1 aromatic carbocycles. The van der Waals surface area contributed by atoms with Gasteiger partial charge in [-0.3, -0.25) is 24.5 Å². The number of benzene rings is 1. The van der Waals surface area contributed by atoms with E-state index in [0.29, 0.717) is 13.0 Å². The second-order valence-electron chi connectivity index (χ2n) is 9.99. The average molecular weight is 556 g/mol. The maximum Gasteiger partial charge on any atom is 0.330 e. The molecule has 4 unspecified atom stereocenters. The largest absolute Gasteiger partial charge is 0.463 e. The van der Waals surface area contributed by atoms with Crippen LogP contribution in [0.4, 0.5) is 0 Å². The molecule has 11 nitrogen and oxygen atoms in total. The highest BCUT2D eigenvalue weighted by Gasteiger charge is 2.30. The van der Waals surface area contributed by atoms with Crippen LogP contribution in [0.1, 0.15) is 45.6 Å². The van der Waals surface area contributed by atoms with Crippen LogP contribution in [0.25, 0.3) is 0 Å². The summed E-state index contributed by atoms with van der Waals surface area (Å²) in [6.45, 7) is 6.31. The zero-order chi connectivity index (χ0) is 29.5. The number of hydrogen-bond donors (Lipinski definition) is 5. The number of ether oxygens (including phenoxy) is 1. The SMILES string of the molecule is CCOC(=O)/C=C/C(CCC(N)=O)NC(=O)C(Cc1ccccc1)NC(=O)C(CC(C)C)NC(=O)C1C=CCN1. The van der Waals surface area contributed by atoms with Gasteiger partial charge in [-0.1, -0.05) is 62.4 Å². The van der Waals surface area contributed by atoms with E-state index in [-0.39, 0.29) is 37.7 Å². The molecule has 6 N–H and O–H groups in total. The highest BCUT2D eigenvalue weighted by atomic mass is 16.5. The lowest BCUT2D eigenvalue weighted by atomic mass is 10.0. The number of esters is 1. The minimum Gasteiger partial charge on any atom is -0.463 e. The first-order valence-corrected chi connectivity index (χ1v) is 13.6. The molecule has 1 aliphatic heterocycles. The first-order valence-electron chi connectivity index (χ1n) is 13.6. The van der Waals surface area contributed by atoms with Gasteiger partial charge in [0.05, 0.1) is 6.61 Å². The Kier molecular flexibility index (Phi) is 13.6. The standard InChI is InChI=1S/C29H41N5O6/c1-4-40-26(36)15-13-21(12-14-25(30)35)32-28(38)24(18-20-9-6-5-7-10-20)34-29(39)23(17-19(2)3)33-27(37)22-11-8-16-31-22/h5-11,13,15,19,21-24,31H,4,12,14,16-18H2,1-3H3,(H2,30,35)(H,32,38)(H,33,37)(H,34,39)/b15-13+. The molecule has 4 atom stereocenters. The molecule has 0 bridgehead atoms. The molecule has 0 spiro atoms. The van der Waals surface area contributed by atoms with Crippen molar-refractivity contribution in [1.29, 1.82) is 0 Å². The van der Waals surface area contributed by atoms with Crippen LogP contribution in [-0.2, 0) is 35.1 Å². The van der Waals surface area contributed by atoms with E-state index >= 15 is 0 Å². The summed E-state index contributed by atoms with van der Waals surface area (Å²) in [6.07, 6.45) is 6.87. The molecular formula is C29H41N5O6. The molecule has 11 heteroatoms. The molecule has 2 rings (SSSR count). The average Bonchev–Trinajstić information content (AvgIpc) is 3.45. The van der Waals surface area contributed by atoms with Crippen molar-refractivity contribution < 1.29 is 28.7 Å². The Hall–Kier alpha value is -3.99. The molecule has 1 aromatic rings. The van der Waals surface area contributed by atoms with Crippen molar-refractivity contribution in [2.24, 2.45) is 11.7 Å². The number of amides is 4. The number of carbonyl (C=O) groups excluding carboxylic acids is 5. The first kappa shape index (κ1) is 32.2. The smallest absolute Gasteiger partial charge is 0.330 e. The summed E-state index contributed by atoms with van der Waals surface area (Å²) >= 11 is 0. The maximum atomic E-state index is 13.5. The monoisotopic (exact) mass is 555 g/mol. The van der Waals surface area contributed by atoms with Gasteiger partial charge in [0.2, 0.25) is 23.6 Å². The third-order valence-corrected chi connectivity index (χ3v) is 6.10. The quantitative estimate of drug-likeness (QED) is 0.113. The predicted octanol–water partition coefficient (Wildman–Crippen LogP) is 0.642. The van der Waals surface area contributed by atoms with Crippen molar-refractivity contribution in [3.8, 4) is 0 Å². The van der Waals surface area contributed by atoms with Gasteiger partial charge in [-0.05, 0) is 31.2 Å². The third-order valence-electron chi connectivity index (χ3n) is 6.10. The van der Waals surface area contributed by atoms with Crippen LogP contribution in [0.2, 0.25) is 0 Å². The summed E-state index contributed by atoms with van der Waals surface area (Å²) in [5.41, 5.74) is 6.10. The summed E-state index contributed by atoms with van der Waals surface area (Å²) in [5, 5.41) is 11.4. The van der Waals surface area contributed by atoms with Crippen molar-refractivity contribution in [2.75, 3.05) is 13.2 Å². The summed E-state index contributed by atoms with van der Waals surface area (Å²) < 4.78 is 4.90. The van der Waals surface area contributed by atoms with Crippen LogP contribution >= 0.6 is 0 Å². The molecule has 0 radical (unpaired) electrons. The first-order chi connectivity index (χ1) is 19.1. The molecule has 40 heavy (non-hydrogen) atoms. The summed E-state index contributed by atoms with van der Waals surface area (Å²) in [6, 6.07) is 6.07. The molecule has 218 valence electrons. The fourth-order valence-electron chi connectivity index (χ4n) is 4.13. The minimum absolute atomic E-state index is 0.0278. The Labute approximate surface area is 235 Å². The topological polar surface area (TPSA) is 169 Å². The molecule has 4 amide bonds. The van der Waals surface area contributed by atoms with Gasteiger partial charge in [0.15, 0.2) is 0 Å². The van der Waals surface area contributed by atoms with Gasteiger partial charge in [-0.2, -0.15) is 0 Å². The van der Waals surface area contributed by atoms with Crippen molar-refractivity contribution in [1.82, 2.24) is 21.3 Å². The Morgan fingerprint density at radius 1 is 1.05 bits per heavy atom.